The minimum Gasteiger partial charge on any atom is -0.296 e. The third kappa shape index (κ3) is 2.46. The van der Waals surface area contributed by atoms with Crippen LogP contribution in [0.3, 0.4) is 0 Å². The molecule has 0 N–H and O–H groups in total. The molecule has 0 bridgehead atoms. The first-order valence-corrected chi connectivity index (χ1v) is 4.12. The highest BCUT2D eigenvalue weighted by molar-refractivity contribution is 5.71. The molecule has 1 aromatic heterocycles. The topological polar surface area (TPSA) is 30.0 Å². The maximum absolute atomic E-state index is 10.4. The Morgan fingerprint density at radius 1 is 1.58 bits per heavy atom. The smallest absolute Gasteiger partial charge is 0.168 e. The van der Waals surface area contributed by atoms with Gasteiger partial charge in [0.2, 0.25) is 0 Å². The first-order chi connectivity index (χ1) is 5.72. The summed E-state index contributed by atoms with van der Waals surface area (Å²) in [5, 5.41) is 0. The predicted molar refractivity (Wildman–Crippen MR) is 48.2 cm³/mol. The second-order valence-electron chi connectivity index (χ2n) is 3.30. The number of carbonyl (C=O) groups is 1. The molecule has 0 radical (unpaired) electrons. The molecule has 0 spiro atoms. The van der Waals surface area contributed by atoms with Crippen molar-refractivity contribution in [2.24, 2.45) is 5.92 Å². The van der Waals surface area contributed by atoms with Crippen LogP contribution in [0, 0.1) is 5.92 Å². The van der Waals surface area contributed by atoms with Crippen molar-refractivity contribution in [3.05, 3.63) is 29.6 Å². The predicted octanol–water partition coefficient (Wildman–Crippen LogP) is 2.09. The van der Waals surface area contributed by atoms with E-state index in [1.165, 1.54) is 5.56 Å². The third-order valence-electron chi connectivity index (χ3n) is 1.61. The number of aromatic nitrogens is 1. The van der Waals surface area contributed by atoms with E-state index in [1.54, 1.807) is 6.20 Å². The monoisotopic (exact) mass is 163 g/mol. The molecule has 12 heavy (non-hydrogen) atoms. The summed E-state index contributed by atoms with van der Waals surface area (Å²) < 4.78 is 0. The Morgan fingerprint density at radius 3 is 2.92 bits per heavy atom. The van der Waals surface area contributed by atoms with Gasteiger partial charge in [-0.15, -0.1) is 0 Å². The zero-order valence-electron chi connectivity index (χ0n) is 7.45. The number of pyridine rings is 1. The van der Waals surface area contributed by atoms with Crippen molar-refractivity contribution >= 4 is 6.29 Å². The van der Waals surface area contributed by atoms with Crippen molar-refractivity contribution in [2.75, 3.05) is 0 Å². The molecule has 0 aromatic carbocycles. The Bertz CT molecular complexity index is 268. The molecule has 1 rings (SSSR count). The van der Waals surface area contributed by atoms with Crippen LogP contribution in [0.25, 0.3) is 0 Å². The van der Waals surface area contributed by atoms with Crippen molar-refractivity contribution in [2.45, 2.75) is 20.3 Å². The lowest BCUT2D eigenvalue weighted by Gasteiger charge is -2.03. The summed E-state index contributed by atoms with van der Waals surface area (Å²) in [5.74, 6) is 0.618. The number of aldehydes is 1. The average Bonchev–Trinajstić information content (AvgIpc) is 2.03. The average molecular weight is 163 g/mol. The van der Waals surface area contributed by atoms with Crippen LogP contribution in [-0.2, 0) is 6.42 Å². The maximum atomic E-state index is 10.4. The summed E-state index contributed by atoms with van der Waals surface area (Å²) in [7, 11) is 0. The van der Waals surface area contributed by atoms with E-state index in [2.05, 4.69) is 18.8 Å². The van der Waals surface area contributed by atoms with Crippen molar-refractivity contribution < 1.29 is 4.79 Å². The van der Waals surface area contributed by atoms with E-state index in [0.29, 0.717) is 11.6 Å². The highest BCUT2D eigenvalue weighted by atomic mass is 16.1. The van der Waals surface area contributed by atoms with Gasteiger partial charge in [0, 0.05) is 6.20 Å². The van der Waals surface area contributed by atoms with E-state index in [9.17, 15) is 4.79 Å². The zero-order valence-corrected chi connectivity index (χ0v) is 7.45. The highest BCUT2D eigenvalue weighted by Crippen LogP contribution is 2.07. The number of hydrogen-bond acceptors (Lipinski definition) is 2. The van der Waals surface area contributed by atoms with Crippen LogP contribution >= 0.6 is 0 Å². The van der Waals surface area contributed by atoms with Gasteiger partial charge >= 0.3 is 0 Å². The van der Waals surface area contributed by atoms with Crippen molar-refractivity contribution in [1.29, 1.82) is 0 Å². The van der Waals surface area contributed by atoms with E-state index in [4.69, 9.17) is 0 Å². The van der Waals surface area contributed by atoms with Gasteiger partial charge in [-0.25, -0.2) is 0 Å². The van der Waals surface area contributed by atoms with Crippen LogP contribution in [-0.4, -0.2) is 11.3 Å². The minimum atomic E-state index is 0.521. The fraction of sp³-hybridized carbons (Fsp3) is 0.400. The quantitative estimate of drug-likeness (QED) is 0.639. The lowest BCUT2D eigenvalue weighted by atomic mass is 10.0. The van der Waals surface area contributed by atoms with E-state index >= 15 is 0 Å². The van der Waals surface area contributed by atoms with Gasteiger partial charge < -0.3 is 0 Å². The van der Waals surface area contributed by atoms with Crippen LogP contribution in [0.1, 0.15) is 29.9 Å². The van der Waals surface area contributed by atoms with Crippen LogP contribution in [0.2, 0.25) is 0 Å². The van der Waals surface area contributed by atoms with Gasteiger partial charge in [0.1, 0.15) is 5.69 Å². The number of carbonyl (C=O) groups excluding carboxylic acids is 1. The minimum absolute atomic E-state index is 0.521. The molecule has 1 aromatic rings. The third-order valence-corrected chi connectivity index (χ3v) is 1.61. The van der Waals surface area contributed by atoms with Gasteiger partial charge in [-0.05, 0) is 30.0 Å². The molecule has 64 valence electrons. The molecule has 0 amide bonds. The Hall–Kier alpha value is -1.18. The molecule has 0 aliphatic heterocycles. The normalized spacial score (nSPS) is 10.2. The zero-order chi connectivity index (χ0) is 8.97. The van der Waals surface area contributed by atoms with Gasteiger partial charge in [-0.1, -0.05) is 13.8 Å². The van der Waals surface area contributed by atoms with Crippen molar-refractivity contribution in [3.63, 3.8) is 0 Å². The van der Waals surface area contributed by atoms with Gasteiger partial charge in [0.25, 0.3) is 0 Å². The molecule has 1 heterocycles. The summed E-state index contributed by atoms with van der Waals surface area (Å²) >= 11 is 0. The molecular formula is C10H13NO. The molecule has 0 saturated heterocycles. The summed E-state index contributed by atoms with van der Waals surface area (Å²) in [6.07, 6.45) is 3.47. The van der Waals surface area contributed by atoms with Crippen molar-refractivity contribution in [3.8, 4) is 0 Å². The summed E-state index contributed by atoms with van der Waals surface area (Å²) in [6.45, 7) is 4.31. The van der Waals surface area contributed by atoms with Crippen LogP contribution < -0.4 is 0 Å². The molecule has 0 unspecified atom stereocenters. The van der Waals surface area contributed by atoms with Gasteiger partial charge in [-0.2, -0.15) is 0 Å². The first-order valence-electron chi connectivity index (χ1n) is 4.12. The highest BCUT2D eigenvalue weighted by Gasteiger charge is 1.98. The van der Waals surface area contributed by atoms with Crippen molar-refractivity contribution in [1.82, 2.24) is 4.98 Å². The second-order valence-corrected chi connectivity index (χ2v) is 3.30. The first kappa shape index (κ1) is 8.91. The van der Waals surface area contributed by atoms with E-state index in [0.717, 1.165) is 12.7 Å². The van der Waals surface area contributed by atoms with E-state index in [1.807, 2.05) is 12.1 Å². The number of rotatable bonds is 3. The fourth-order valence-corrected chi connectivity index (χ4v) is 1.16. The Morgan fingerprint density at radius 2 is 2.33 bits per heavy atom. The standard InChI is InChI=1S/C10H13NO/c1-8(2)5-9-3-4-11-10(6-9)7-12/h3-4,6-8H,5H2,1-2H3. The molecule has 0 saturated carbocycles. The van der Waals surface area contributed by atoms with E-state index < -0.39 is 0 Å². The van der Waals surface area contributed by atoms with Gasteiger partial charge in [0.15, 0.2) is 6.29 Å². The molecule has 0 aliphatic rings. The molecule has 2 nitrogen and oxygen atoms in total. The molecule has 0 fully saturated rings. The maximum Gasteiger partial charge on any atom is 0.168 e. The van der Waals surface area contributed by atoms with Gasteiger partial charge in [-0.3, -0.25) is 9.78 Å². The number of hydrogen-bond donors (Lipinski definition) is 0. The fourth-order valence-electron chi connectivity index (χ4n) is 1.16. The second kappa shape index (κ2) is 4.00. The Balaban J connectivity index is 2.79. The van der Waals surface area contributed by atoms with Crippen LogP contribution in [0.5, 0.6) is 0 Å². The van der Waals surface area contributed by atoms with Gasteiger partial charge in [0.05, 0.1) is 0 Å². The molecule has 2 heteroatoms. The SMILES string of the molecule is CC(C)Cc1ccnc(C=O)c1. The summed E-state index contributed by atoms with van der Waals surface area (Å²) in [5.41, 5.74) is 1.70. The van der Waals surface area contributed by atoms with E-state index in [-0.39, 0.29) is 0 Å². The largest absolute Gasteiger partial charge is 0.296 e. The summed E-state index contributed by atoms with van der Waals surface area (Å²) in [6, 6.07) is 3.79. The lowest BCUT2D eigenvalue weighted by molar-refractivity contribution is 0.111. The summed E-state index contributed by atoms with van der Waals surface area (Å²) in [4.78, 5) is 14.3. The molecule has 0 aliphatic carbocycles. The molecular weight excluding hydrogens is 150 g/mol. The molecule has 0 atom stereocenters. The Kier molecular flexibility index (Phi) is 2.97. The Labute approximate surface area is 72.6 Å². The lowest BCUT2D eigenvalue weighted by Crippen LogP contribution is -1.96. The van der Waals surface area contributed by atoms with Crippen LogP contribution in [0.15, 0.2) is 18.3 Å². The number of nitrogens with zero attached hydrogens (tertiary/aromatic N) is 1. The van der Waals surface area contributed by atoms with Crippen LogP contribution in [0.4, 0.5) is 0 Å².